The van der Waals surface area contributed by atoms with Gasteiger partial charge in [0.25, 0.3) is 5.91 Å². The van der Waals surface area contributed by atoms with Crippen molar-refractivity contribution in [3.05, 3.63) is 30.1 Å². The average molecular weight is 276 g/mol. The van der Waals surface area contributed by atoms with Crippen LogP contribution in [0.3, 0.4) is 0 Å². The third-order valence-corrected chi connectivity index (χ3v) is 4.32. The number of rotatable bonds is 2. The monoisotopic (exact) mass is 276 g/mol. The summed E-state index contributed by atoms with van der Waals surface area (Å²) in [6, 6.07) is 5.11. The fourth-order valence-electron chi connectivity index (χ4n) is 3.10. The molecule has 0 saturated carbocycles. The first-order valence-corrected chi connectivity index (χ1v) is 7.02. The summed E-state index contributed by atoms with van der Waals surface area (Å²) in [5.41, 5.74) is 0.0601. The highest BCUT2D eigenvalue weighted by Gasteiger charge is 2.48. The van der Waals surface area contributed by atoms with E-state index in [0.717, 1.165) is 17.7 Å². The van der Waals surface area contributed by atoms with E-state index in [0.29, 0.717) is 18.9 Å². The summed E-state index contributed by atoms with van der Waals surface area (Å²) in [5.74, 6) is -0.368. The van der Waals surface area contributed by atoms with E-state index >= 15 is 0 Å². The van der Waals surface area contributed by atoms with Crippen LogP contribution in [0.2, 0.25) is 0 Å². The molecule has 3 amide bonds. The fraction of sp³-hybridized carbons (Fsp3) is 0.467. The second-order valence-electron chi connectivity index (χ2n) is 5.42. The van der Waals surface area contributed by atoms with E-state index < -0.39 is 11.9 Å². The molecule has 0 aromatic heterocycles. The number of anilines is 1. The van der Waals surface area contributed by atoms with Crippen LogP contribution in [0.25, 0.3) is 0 Å². The van der Waals surface area contributed by atoms with Gasteiger partial charge in [-0.05, 0) is 30.9 Å². The fourth-order valence-corrected chi connectivity index (χ4v) is 3.10. The standard InChI is InChI=1S/C15H17FN2O2/c1-2-10-7-8-17-13(9-10)14(19)18(15(17)20)12-6-4-3-5-11(12)16/h3-6,10,13H,2,7-9H2,1H3. The molecule has 2 heterocycles. The normalized spacial score (nSPS) is 26.1. The summed E-state index contributed by atoms with van der Waals surface area (Å²) in [5, 5.41) is 0. The van der Waals surface area contributed by atoms with Crippen molar-refractivity contribution in [3.8, 4) is 0 Å². The molecule has 0 N–H and O–H groups in total. The van der Waals surface area contributed by atoms with Crippen LogP contribution in [0.5, 0.6) is 0 Å². The molecule has 106 valence electrons. The Bertz CT molecular complexity index is 561. The topological polar surface area (TPSA) is 40.6 Å². The van der Waals surface area contributed by atoms with Gasteiger partial charge in [-0.25, -0.2) is 14.1 Å². The maximum Gasteiger partial charge on any atom is 0.332 e. The number of piperidine rings is 1. The lowest BCUT2D eigenvalue weighted by Gasteiger charge is -2.31. The Balaban J connectivity index is 1.93. The summed E-state index contributed by atoms with van der Waals surface area (Å²) in [7, 11) is 0. The second kappa shape index (κ2) is 4.89. The van der Waals surface area contributed by atoms with Gasteiger partial charge < -0.3 is 4.90 Å². The number of imide groups is 1. The number of para-hydroxylation sites is 1. The average Bonchev–Trinajstić information content (AvgIpc) is 2.71. The number of fused-ring (bicyclic) bond motifs is 1. The lowest BCUT2D eigenvalue weighted by Crippen LogP contribution is -2.42. The number of amides is 3. The second-order valence-corrected chi connectivity index (χ2v) is 5.42. The number of nitrogens with zero attached hydrogens (tertiary/aromatic N) is 2. The Morgan fingerprint density at radius 1 is 1.30 bits per heavy atom. The first-order chi connectivity index (χ1) is 9.63. The maximum absolute atomic E-state index is 13.8. The number of hydrogen-bond donors (Lipinski definition) is 0. The predicted octanol–water partition coefficient (Wildman–Crippen LogP) is 2.78. The number of carbonyl (C=O) groups is 2. The number of benzene rings is 1. The first-order valence-electron chi connectivity index (χ1n) is 7.02. The van der Waals surface area contributed by atoms with Crippen molar-refractivity contribution >= 4 is 17.6 Å². The molecule has 0 spiro atoms. The lowest BCUT2D eigenvalue weighted by atomic mass is 9.89. The van der Waals surface area contributed by atoms with Crippen LogP contribution in [0.15, 0.2) is 24.3 Å². The number of halogens is 1. The summed E-state index contributed by atoms with van der Waals surface area (Å²) < 4.78 is 13.8. The zero-order chi connectivity index (χ0) is 14.3. The van der Waals surface area contributed by atoms with E-state index in [1.165, 1.54) is 12.1 Å². The zero-order valence-electron chi connectivity index (χ0n) is 11.4. The molecule has 3 rings (SSSR count). The molecule has 2 aliphatic heterocycles. The highest BCUT2D eigenvalue weighted by molar-refractivity contribution is 6.21. The molecule has 4 nitrogen and oxygen atoms in total. The van der Waals surface area contributed by atoms with Crippen LogP contribution in [-0.4, -0.2) is 29.4 Å². The highest BCUT2D eigenvalue weighted by atomic mass is 19.1. The lowest BCUT2D eigenvalue weighted by molar-refractivity contribution is -0.120. The van der Waals surface area contributed by atoms with Gasteiger partial charge in [0.05, 0.1) is 5.69 Å². The quantitative estimate of drug-likeness (QED) is 0.779. The van der Waals surface area contributed by atoms with E-state index in [1.807, 2.05) is 0 Å². The molecule has 0 aliphatic carbocycles. The zero-order valence-corrected chi connectivity index (χ0v) is 11.4. The summed E-state index contributed by atoms with van der Waals surface area (Å²) in [6.07, 6.45) is 2.61. The third-order valence-electron chi connectivity index (χ3n) is 4.32. The van der Waals surface area contributed by atoms with E-state index in [4.69, 9.17) is 0 Å². The van der Waals surface area contributed by atoms with Crippen LogP contribution in [-0.2, 0) is 4.79 Å². The van der Waals surface area contributed by atoms with Crippen LogP contribution in [0.4, 0.5) is 14.9 Å². The molecule has 0 bridgehead atoms. The predicted molar refractivity (Wildman–Crippen MR) is 72.8 cm³/mol. The van der Waals surface area contributed by atoms with E-state index in [-0.39, 0.29) is 17.6 Å². The summed E-state index contributed by atoms with van der Waals surface area (Å²) in [6.45, 7) is 2.68. The van der Waals surface area contributed by atoms with Crippen molar-refractivity contribution in [2.45, 2.75) is 32.2 Å². The Hall–Kier alpha value is -1.91. The van der Waals surface area contributed by atoms with Gasteiger partial charge >= 0.3 is 6.03 Å². The van der Waals surface area contributed by atoms with Gasteiger partial charge in [-0.2, -0.15) is 0 Å². The van der Waals surface area contributed by atoms with Crippen molar-refractivity contribution in [1.82, 2.24) is 4.90 Å². The molecule has 1 aromatic rings. The molecule has 5 heteroatoms. The third kappa shape index (κ3) is 1.88. The van der Waals surface area contributed by atoms with Gasteiger partial charge in [0.15, 0.2) is 0 Å². The maximum atomic E-state index is 13.8. The van der Waals surface area contributed by atoms with Crippen molar-refractivity contribution in [2.75, 3.05) is 11.4 Å². The molecule has 2 saturated heterocycles. The van der Waals surface area contributed by atoms with Gasteiger partial charge in [0.2, 0.25) is 0 Å². The SMILES string of the molecule is CCC1CCN2C(=O)N(c3ccccc3F)C(=O)C2C1. The Labute approximate surface area is 117 Å². The molecular formula is C15H17FN2O2. The molecule has 2 fully saturated rings. The van der Waals surface area contributed by atoms with Gasteiger partial charge in [-0.15, -0.1) is 0 Å². The van der Waals surface area contributed by atoms with E-state index in [1.54, 1.807) is 17.0 Å². The largest absolute Gasteiger partial charge is 0.332 e. The minimum absolute atomic E-state index is 0.0601. The van der Waals surface area contributed by atoms with Crippen LogP contribution in [0, 0.1) is 11.7 Å². The Morgan fingerprint density at radius 3 is 2.75 bits per heavy atom. The number of hydrogen-bond acceptors (Lipinski definition) is 2. The Kier molecular flexibility index (Phi) is 3.20. The van der Waals surface area contributed by atoms with Crippen molar-refractivity contribution in [1.29, 1.82) is 0 Å². The molecule has 20 heavy (non-hydrogen) atoms. The Morgan fingerprint density at radius 2 is 2.05 bits per heavy atom. The van der Waals surface area contributed by atoms with Gasteiger partial charge in [0.1, 0.15) is 11.9 Å². The van der Waals surface area contributed by atoms with Crippen LogP contribution >= 0.6 is 0 Å². The minimum atomic E-state index is -0.541. The number of carbonyl (C=O) groups excluding carboxylic acids is 2. The van der Waals surface area contributed by atoms with Gasteiger partial charge in [-0.3, -0.25) is 4.79 Å². The van der Waals surface area contributed by atoms with Gasteiger partial charge in [0, 0.05) is 6.54 Å². The molecular weight excluding hydrogens is 259 g/mol. The number of urea groups is 1. The summed E-state index contributed by atoms with van der Waals surface area (Å²) >= 11 is 0. The molecule has 2 aliphatic rings. The highest BCUT2D eigenvalue weighted by Crippen LogP contribution is 2.34. The first kappa shape index (κ1) is 13.1. The smallest absolute Gasteiger partial charge is 0.312 e. The summed E-state index contributed by atoms with van der Waals surface area (Å²) in [4.78, 5) is 27.4. The van der Waals surface area contributed by atoms with Crippen molar-refractivity contribution in [3.63, 3.8) is 0 Å². The van der Waals surface area contributed by atoms with Crippen molar-refractivity contribution < 1.29 is 14.0 Å². The minimum Gasteiger partial charge on any atom is -0.312 e. The van der Waals surface area contributed by atoms with E-state index in [9.17, 15) is 14.0 Å². The molecule has 2 unspecified atom stereocenters. The molecule has 0 radical (unpaired) electrons. The van der Waals surface area contributed by atoms with E-state index in [2.05, 4.69) is 6.92 Å². The van der Waals surface area contributed by atoms with Gasteiger partial charge in [-0.1, -0.05) is 25.5 Å². The van der Waals surface area contributed by atoms with Crippen LogP contribution in [0.1, 0.15) is 26.2 Å². The van der Waals surface area contributed by atoms with Crippen molar-refractivity contribution in [2.24, 2.45) is 5.92 Å². The molecule has 1 aromatic carbocycles. The van der Waals surface area contributed by atoms with Crippen LogP contribution < -0.4 is 4.90 Å². The molecule has 2 atom stereocenters.